The van der Waals surface area contributed by atoms with E-state index in [4.69, 9.17) is 9.84 Å². The van der Waals surface area contributed by atoms with Crippen molar-refractivity contribution >= 4 is 11.9 Å². The molecule has 0 aliphatic carbocycles. The molecule has 138 valence electrons. The van der Waals surface area contributed by atoms with E-state index in [-0.39, 0.29) is 0 Å². The molecule has 1 aromatic heterocycles. The number of ether oxygens (including phenoxy) is 1. The molecule has 0 amide bonds. The van der Waals surface area contributed by atoms with Gasteiger partial charge < -0.3 is 20.1 Å². The molecule has 1 aromatic carbocycles. The maximum absolute atomic E-state index is 14.5. The molecule has 0 radical (unpaired) electrons. The van der Waals surface area contributed by atoms with Crippen molar-refractivity contribution in [1.82, 2.24) is 9.55 Å². The first-order chi connectivity index (χ1) is 12.4. The fourth-order valence-corrected chi connectivity index (χ4v) is 2.73. The van der Waals surface area contributed by atoms with E-state index in [1.165, 1.54) is 0 Å². The number of hydrogen-bond donors (Lipinski definition) is 4. The molecule has 0 spiro atoms. The van der Waals surface area contributed by atoms with Gasteiger partial charge in [0.15, 0.2) is 6.23 Å². The number of nitrogens with one attached hydrogen (secondary N) is 1. The van der Waals surface area contributed by atoms with Crippen LogP contribution < -0.4 is 11.2 Å². The van der Waals surface area contributed by atoms with Crippen molar-refractivity contribution in [2.45, 2.75) is 24.5 Å². The second-order valence-corrected chi connectivity index (χ2v) is 5.84. The number of aromatic amines is 1. The van der Waals surface area contributed by atoms with Crippen molar-refractivity contribution in [1.29, 1.82) is 0 Å². The van der Waals surface area contributed by atoms with Crippen molar-refractivity contribution in [2.75, 3.05) is 6.61 Å². The van der Waals surface area contributed by atoms with Gasteiger partial charge in [0.2, 0.25) is 0 Å². The van der Waals surface area contributed by atoms with E-state index in [2.05, 4.69) is 0 Å². The largest absolute Gasteiger partial charge is 0.394 e. The molecule has 1 saturated heterocycles. The summed E-state index contributed by atoms with van der Waals surface area (Å²) in [4.78, 5) is 26.0. The van der Waals surface area contributed by atoms with Gasteiger partial charge in [0.1, 0.15) is 24.1 Å². The summed E-state index contributed by atoms with van der Waals surface area (Å²) in [7, 11) is 0. The van der Waals surface area contributed by atoms with Crippen molar-refractivity contribution in [2.24, 2.45) is 0 Å². The Bertz CT molecular complexity index is 923. The maximum Gasteiger partial charge on any atom is 0.330 e. The molecule has 1 fully saturated rings. The van der Waals surface area contributed by atoms with E-state index in [0.717, 1.165) is 16.8 Å². The van der Waals surface area contributed by atoms with E-state index in [9.17, 15) is 24.2 Å². The lowest BCUT2D eigenvalue weighted by atomic mass is 10.1. The highest BCUT2D eigenvalue weighted by atomic mass is 19.1. The molecule has 9 heteroatoms. The minimum Gasteiger partial charge on any atom is -0.394 e. The van der Waals surface area contributed by atoms with Crippen LogP contribution in [0, 0.1) is 0 Å². The van der Waals surface area contributed by atoms with Crippen LogP contribution in [0.4, 0.5) is 4.39 Å². The average molecular weight is 364 g/mol. The first-order valence-corrected chi connectivity index (χ1v) is 7.83. The molecule has 0 unspecified atom stereocenters. The standard InChI is InChI=1S/C17H17FN2O6/c18-11(6-9-4-2-1-3-5-9)10-7-20(17(25)19-15(10)24)16-14(23)13(22)12(8-21)26-16/h1-7,12-14,16,21-23H,8H2,(H,19,24,25)/b11-6-/t12-,13-,14-,16-/m1/s1. The Hall–Kier alpha value is -2.59. The number of aliphatic hydroxyl groups excluding tert-OH is 3. The van der Waals surface area contributed by atoms with E-state index in [0.29, 0.717) is 5.56 Å². The topological polar surface area (TPSA) is 125 Å². The highest BCUT2D eigenvalue weighted by Crippen LogP contribution is 2.28. The van der Waals surface area contributed by atoms with Gasteiger partial charge >= 0.3 is 5.69 Å². The molecule has 4 atom stereocenters. The van der Waals surface area contributed by atoms with Crippen LogP contribution in [-0.2, 0) is 4.74 Å². The normalized spacial score (nSPS) is 26.2. The lowest BCUT2D eigenvalue weighted by Gasteiger charge is -2.17. The Morgan fingerprint density at radius 1 is 1.23 bits per heavy atom. The maximum atomic E-state index is 14.5. The Morgan fingerprint density at radius 3 is 2.54 bits per heavy atom. The molecule has 2 heterocycles. The quantitative estimate of drug-likeness (QED) is 0.586. The molecule has 4 N–H and O–H groups in total. The number of aromatic nitrogens is 2. The van der Waals surface area contributed by atoms with Gasteiger partial charge in [-0.05, 0) is 11.6 Å². The van der Waals surface area contributed by atoms with Crippen molar-refractivity contribution in [3.63, 3.8) is 0 Å². The van der Waals surface area contributed by atoms with Crippen LogP contribution in [0.1, 0.15) is 17.4 Å². The summed E-state index contributed by atoms with van der Waals surface area (Å²) in [6, 6.07) is 8.42. The molecule has 3 rings (SSSR count). The van der Waals surface area contributed by atoms with Gasteiger partial charge in [-0.2, -0.15) is 0 Å². The molecule has 2 aromatic rings. The van der Waals surface area contributed by atoms with Crippen LogP contribution >= 0.6 is 0 Å². The molecular weight excluding hydrogens is 347 g/mol. The Balaban J connectivity index is 2.02. The summed E-state index contributed by atoms with van der Waals surface area (Å²) in [5, 5.41) is 29.0. The van der Waals surface area contributed by atoms with Gasteiger partial charge in [-0.3, -0.25) is 14.3 Å². The number of H-pyrrole nitrogens is 1. The Morgan fingerprint density at radius 2 is 1.92 bits per heavy atom. The van der Waals surface area contributed by atoms with Gasteiger partial charge in [-0.1, -0.05) is 30.3 Å². The summed E-state index contributed by atoms with van der Waals surface area (Å²) >= 11 is 0. The first kappa shape index (κ1) is 18.2. The molecule has 26 heavy (non-hydrogen) atoms. The molecule has 1 aliphatic rings. The van der Waals surface area contributed by atoms with E-state index in [1.54, 1.807) is 30.3 Å². The van der Waals surface area contributed by atoms with Gasteiger partial charge in [0.05, 0.1) is 12.2 Å². The van der Waals surface area contributed by atoms with Crippen LogP contribution in [0.2, 0.25) is 0 Å². The zero-order valence-corrected chi connectivity index (χ0v) is 13.4. The summed E-state index contributed by atoms with van der Waals surface area (Å²) in [6.45, 7) is -0.581. The van der Waals surface area contributed by atoms with E-state index < -0.39 is 53.8 Å². The second kappa shape index (κ2) is 7.34. The number of aliphatic hydroxyl groups is 3. The zero-order chi connectivity index (χ0) is 18.8. The van der Waals surface area contributed by atoms with Crippen LogP contribution in [0.5, 0.6) is 0 Å². The van der Waals surface area contributed by atoms with Crippen LogP contribution in [0.3, 0.4) is 0 Å². The van der Waals surface area contributed by atoms with Crippen LogP contribution in [0.25, 0.3) is 11.9 Å². The van der Waals surface area contributed by atoms with Gasteiger partial charge in [0, 0.05) is 6.20 Å². The smallest absolute Gasteiger partial charge is 0.330 e. The molecule has 1 aliphatic heterocycles. The predicted molar refractivity (Wildman–Crippen MR) is 89.8 cm³/mol. The molecule has 0 saturated carbocycles. The minimum absolute atomic E-state index is 0.439. The van der Waals surface area contributed by atoms with Gasteiger partial charge in [0.25, 0.3) is 5.56 Å². The third kappa shape index (κ3) is 3.37. The zero-order valence-electron chi connectivity index (χ0n) is 13.4. The molecular formula is C17H17FN2O6. The summed E-state index contributed by atoms with van der Waals surface area (Å²) in [5.74, 6) is -0.891. The van der Waals surface area contributed by atoms with E-state index >= 15 is 0 Å². The highest BCUT2D eigenvalue weighted by molar-refractivity contribution is 5.75. The van der Waals surface area contributed by atoms with Crippen LogP contribution in [-0.4, -0.2) is 49.8 Å². The lowest BCUT2D eigenvalue weighted by molar-refractivity contribution is -0.0550. The van der Waals surface area contributed by atoms with E-state index in [1.807, 2.05) is 4.98 Å². The second-order valence-electron chi connectivity index (χ2n) is 5.84. The molecule has 0 bridgehead atoms. The number of halogens is 1. The highest BCUT2D eigenvalue weighted by Gasteiger charge is 2.43. The average Bonchev–Trinajstić information content (AvgIpc) is 2.91. The number of nitrogens with zero attached hydrogens (tertiary/aromatic N) is 1. The number of rotatable bonds is 4. The SMILES string of the molecule is O=c1[nH]c(=O)n([C@@H]2O[C@H](CO)[C@@H](O)[C@H]2O)cc1/C(F)=C/c1ccccc1. The lowest BCUT2D eigenvalue weighted by Crippen LogP contribution is -2.38. The summed E-state index contributed by atoms with van der Waals surface area (Å²) in [6.07, 6.45) is -3.42. The Kier molecular flexibility index (Phi) is 5.14. The molecule has 8 nitrogen and oxygen atoms in total. The monoisotopic (exact) mass is 364 g/mol. The third-order valence-corrected chi connectivity index (χ3v) is 4.11. The van der Waals surface area contributed by atoms with Crippen molar-refractivity contribution in [3.8, 4) is 0 Å². The summed E-state index contributed by atoms with van der Waals surface area (Å²) < 4.78 is 20.6. The minimum atomic E-state index is -1.54. The fourth-order valence-electron chi connectivity index (χ4n) is 2.73. The van der Waals surface area contributed by atoms with Crippen molar-refractivity contribution in [3.05, 3.63) is 68.5 Å². The third-order valence-electron chi connectivity index (χ3n) is 4.11. The van der Waals surface area contributed by atoms with Gasteiger partial charge in [-0.15, -0.1) is 0 Å². The van der Waals surface area contributed by atoms with Crippen molar-refractivity contribution < 1.29 is 24.4 Å². The predicted octanol–water partition coefficient (Wildman–Crippen LogP) is -0.384. The number of hydrogen-bond acceptors (Lipinski definition) is 6. The summed E-state index contributed by atoms with van der Waals surface area (Å²) in [5.41, 5.74) is -1.81. The fraction of sp³-hybridized carbons (Fsp3) is 0.294. The number of benzene rings is 1. The first-order valence-electron chi connectivity index (χ1n) is 7.83. The van der Waals surface area contributed by atoms with Crippen LogP contribution in [0.15, 0.2) is 46.1 Å². The van der Waals surface area contributed by atoms with Gasteiger partial charge in [-0.25, -0.2) is 9.18 Å². The Labute approximate surface area is 146 Å².